The molecule has 1 aliphatic rings. The molecule has 5 heteroatoms. The lowest BCUT2D eigenvalue weighted by atomic mass is 10.1. The van der Waals surface area contributed by atoms with Crippen LogP contribution >= 0.6 is 0 Å². The van der Waals surface area contributed by atoms with Crippen molar-refractivity contribution in [2.24, 2.45) is 11.7 Å². The predicted molar refractivity (Wildman–Crippen MR) is 71.4 cm³/mol. The zero-order valence-electron chi connectivity index (χ0n) is 10.3. The second-order valence-corrected chi connectivity index (χ2v) is 4.75. The molecule has 5 N–H and O–H groups in total. The second-order valence-electron chi connectivity index (χ2n) is 4.75. The van der Waals surface area contributed by atoms with Crippen molar-refractivity contribution in [3.63, 3.8) is 0 Å². The molecule has 2 rings (SSSR count). The van der Waals surface area contributed by atoms with Gasteiger partial charge in [0.15, 0.2) is 0 Å². The molecule has 1 aromatic rings. The molecule has 18 heavy (non-hydrogen) atoms. The summed E-state index contributed by atoms with van der Waals surface area (Å²) < 4.78 is 0. The van der Waals surface area contributed by atoms with Crippen LogP contribution in [-0.2, 0) is 0 Å². The molecule has 1 amide bonds. The van der Waals surface area contributed by atoms with E-state index in [-0.39, 0.29) is 6.61 Å². The third-order valence-corrected chi connectivity index (χ3v) is 3.49. The molecule has 5 nitrogen and oxygen atoms in total. The highest BCUT2D eigenvalue weighted by Gasteiger charge is 2.22. The number of aliphatic hydroxyl groups is 1. The van der Waals surface area contributed by atoms with Crippen molar-refractivity contribution in [1.29, 1.82) is 0 Å². The molecule has 0 bridgehead atoms. The number of hydrogen-bond donors (Lipinski definition) is 3. The largest absolute Gasteiger partial charge is 0.398 e. The van der Waals surface area contributed by atoms with E-state index in [1.54, 1.807) is 12.1 Å². The Morgan fingerprint density at radius 3 is 2.94 bits per heavy atom. The van der Waals surface area contributed by atoms with Crippen molar-refractivity contribution in [2.45, 2.75) is 12.8 Å². The van der Waals surface area contributed by atoms with Gasteiger partial charge in [0.25, 0.3) is 5.91 Å². The first-order valence-corrected chi connectivity index (χ1v) is 6.17. The van der Waals surface area contributed by atoms with Crippen molar-refractivity contribution in [1.82, 2.24) is 0 Å². The Morgan fingerprint density at radius 2 is 2.28 bits per heavy atom. The molecule has 0 aromatic heterocycles. The number of hydrogen-bond acceptors (Lipinski definition) is 4. The minimum atomic E-state index is -0.500. The highest BCUT2D eigenvalue weighted by Crippen LogP contribution is 2.27. The van der Waals surface area contributed by atoms with Crippen LogP contribution in [0.3, 0.4) is 0 Å². The van der Waals surface area contributed by atoms with E-state index in [4.69, 9.17) is 16.6 Å². The fourth-order valence-electron chi connectivity index (χ4n) is 2.44. The van der Waals surface area contributed by atoms with Gasteiger partial charge in [0.05, 0.1) is 5.56 Å². The SMILES string of the molecule is NC(=O)c1cc(N2CCC(CCO)C2)ccc1N. The lowest BCUT2D eigenvalue weighted by molar-refractivity contribution is 0.100. The van der Waals surface area contributed by atoms with Gasteiger partial charge in [-0.1, -0.05) is 0 Å². The van der Waals surface area contributed by atoms with Gasteiger partial charge < -0.3 is 21.5 Å². The van der Waals surface area contributed by atoms with Crippen molar-refractivity contribution in [3.8, 4) is 0 Å². The maximum atomic E-state index is 11.2. The van der Waals surface area contributed by atoms with Crippen LogP contribution in [0.5, 0.6) is 0 Å². The van der Waals surface area contributed by atoms with Crippen molar-refractivity contribution < 1.29 is 9.90 Å². The fraction of sp³-hybridized carbons (Fsp3) is 0.462. The summed E-state index contributed by atoms with van der Waals surface area (Å²) in [6.07, 6.45) is 1.89. The number of carbonyl (C=O) groups excluding carboxylic acids is 1. The van der Waals surface area contributed by atoms with E-state index in [9.17, 15) is 4.79 Å². The molecule has 1 atom stereocenters. The molecule has 1 saturated heterocycles. The third kappa shape index (κ3) is 2.56. The van der Waals surface area contributed by atoms with E-state index in [1.807, 2.05) is 6.07 Å². The van der Waals surface area contributed by atoms with E-state index >= 15 is 0 Å². The van der Waals surface area contributed by atoms with E-state index < -0.39 is 5.91 Å². The molecule has 1 aromatic carbocycles. The summed E-state index contributed by atoms with van der Waals surface area (Å²) in [7, 11) is 0. The maximum absolute atomic E-state index is 11.2. The van der Waals surface area contributed by atoms with Crippen LogP contribution in [0.25, 0.3) is 0 Å². The van der Waals surface area contributed by atoms with Crippen LogP contribution in [-0.4, -0.2) is 30.7 Å². The molecule has 1 heterocycles. The number of primary amides is 1. The first-order chi connectivity index (χ1) is 8.61. The molecule has 0 saturated carbocycles. The summed E-state index contributed by atoms with van der Waals surface area (Å²) >= 11 is 0. The Bertz CT molecular complexity index is 448. The third-order valence-electron chi connectivity index (χ3n) is 3.49. The average molecular weight is 249 g/mol. The Labute approximate surface area is 106 Å². The summed E-state index contributed by atoms with van der Waals surface area (Å²) in [6.45, 7) is 2.07. The Hall–Kier alpha value is -1.75. The maximum Gasteiger partial charge on any atom is 0.250 e. The van der Waals surface area contributed by atoms with Crippen LogP contribution in [0.15, 0.2) is 18.2 Å². The van der Waals surface area contributed by atoms with Crippen LogP contribution in [0, 0.1) is 5.92 Å². The van der Waals surface area contributed by atoms with E-state index in [1.165, 1.54) is 0 Å². The van der Waals surface area contributed by atoms with E-state index in [2.05, 4.69) is 4.90 Å². The lowest BCUT2D eigenvalue weighted by Crippen LogP contribution is -2.21. The molecule has 1 fully saturated rings. The van der Waals surface area contributed by atoms with Gasteiger partial charge in [-0.3, -0.25) is 4.79 Å². The average Bonchev–Trinajstić information content (AvgIpc) is 2.78. The summed E-state index contributed by atoms with van der Waals surface area (Å²) in [5.41, 5.74) is 12.8. The van der Waals surface area contributed by atoms with Crippen LogP contribution in [0.1, 0.15) is 23.2 Å². The zero-order valence-corrected chi connectivity index (χ0v) is 10.3. The summed E-state index contributed by atoms with van der Waals surface area (Å²) in [4.78, 5) is 13.4. The van der Waals surface area contributed by atoms with Gasteiger partial charge in [-0.15, -0.1) is 0 Å². The summed E-state index contributed by atoms with van der Waals surface area (Å²) in [6, 6.07) is 5.37. The van der Waals surface area contributed by atoms with Gasteiger partial charge in [0.1, 0.15) is 0 Å². The van der Waals surface area contributed by atoms with E-state index in [0.717, 1.165) is 31.6 Å². The van der Waals surface area contributed by atoms with Crippen molar-refractivity contribution >= 4 is 17.3 Å². The lowest BCUT2D eigenvalue weighted by Gasteiger charge is -2.19. The number of benzene rings is 1. The molecule has 98 valence electrons. The van der Waals surface area contributed by atoms with Gasteiger partial charge in [-0.2, -0.15) is 0 Å². The molecule has 1 unspecified atom stereocenters. The normalized spacial score (nSPS) is 19.2. The van der Waals surface area contributed by atoms with E-state index in [0.29, 0.717) is 17.2 Å². The first-order valence-electron chi connectivity index (χ1n) is 6.17. The number of nitrogens with zero attached hydrogens (tertiary/aromatic N) is 1. The summed E-state index contributed by atoms with van der Waals surface area (Å²) in [5, 5.41) is 8.94. The smallest absolute Gasteiger partial charge is 0.250 e. The zero-order chi connectivity index (χ0) is 13.1. The number of amides is 1. The molecule has 0 radical (unpaired) electrons. The number of anilines is 2. The molecule has 1 aliphatic heterocycles. The number of nitrogen functional groups attached to an aromatic ring is 1. The first kappa shape index (κ1) is 12.7. The minimum Gasteiger partial charge on any atom is -0.398 e. The monoisotopic (exact) mass is 249 g/mol. The standard InChI is InChI=1S/C13H19N3O2/c14-12-2-1-10(7-11(12)13(15)18)16-5-3-9(8-16)4-6-17/h1-2,7,9,17H,3-6,8,14H2,(H2,15,18). The topological polar surface area (TPSA) is 92.6 Å². The van der Waals surface area contributed by atoms with Crippen molar-refractivity contribution in [3.05, 3.63) is 23.8 Å². The van der Waals surface area contributed by atoms with Gasteiger partial charge in [0, 0.05) is 31.1 Å². The Kier molecular flexibility index (Phi) is 3.72. The molecule has 0 aliphatic carbocycles. The number of carbonyl (C=O) groups is 1. The summed E-state index contributed by atoms with van der Waals surface area (Å²) in [5.74, 6) is 0.0186. The van der Waals surface area contributed by atoms with Gasteiger partial charge in [0.2, 0.25) is 0 Å². The van der Waals surface area contributed by atoms with Crippen LogP contribution in [0.4, 0.5) is 11.4 Å². The van der Waals surface area contributed by atoms with Crippen LogP contribution < -0.4 is 16.4 Å². The Balaban J connectivity index is 2.15. The van der Waals surface area contributed by atoms with Gasteiger partial charge in [-0.25, -0.2) is 0 Å². The highest BCUT2D eigenvalue weighted by molar-refractivity contribution is 5.99. The van der Waals surface area contributed by atoms with Crippen molar-refractivity contribution in [2.75, 3.05) is 30.3 Å². The molecular weight excluding hydrogens is 230 g/mol. The Morgan fingerprint density at radius 1 is 1.50 bits per heavy atom. The highest BCUT2D eigenvalue weighted by atomic mass is 16.3. The molecular formula is C13H19N3O2. The fourth-order valence-corrected chi connectivity index (χ4v) is 2.44. The minimum absolute atomic E-state index is 0.229. The number of rotatable bonds is 4. The van der Waals surface area contributed by atoms with Gasteiger partial charge >= 0.3 is 0 Å². The molecule has 0 spiro atoms. The van der Waals surface area contributed by atoms with Crippen LogP contribution in [0.2, 0.25) is 0 Å². The number of nitrogens with two attached hydrogens (primary N) is 2. The quantitative estimate of drug-likeness (QED) is 0.680. The van der Waals surface area contributed by atoms with Gasteiger partial charge in [-0.05, 0) is 37.0 Å². The predicted octanol–water partition coefficient (Wildman–Crippen LogP) is 0.576. The number of aliphatic hydroxyl groups excluding tert-OH is 1. The second kappa shape index (κ2) is 5.27.